The van der Waals surface area contributed by atoms with E-state index in [0.29, 0.717) is 12.5 Å². The van der Waals surface area contributed by atoms with Crippen LogP contribution in [-0.4, -0.2) is 6.61 Å². The molecular formula is C13H20BrNO. The maximum Gasteiger partial charge on any atom is 0.0728 e. The first kappa shape index (κ1) is 13.5. The number of rotatable bonds is 6. The predicted octanol–water partition coefficient (Wildman–Crippen LogP) is 3.98. The first-order chi connectivity index (χ1) is 7.65. The minimum absolute atomic E-state index is 0.625. The van der Waals surface area contributed by atoms with Crippen molar-refractivity contribution in [1.29, 1.82) is 0 Å². The van der Waals surface area contributed by atoms with E-state index in [1.54, 1.807) is 0 Å². The van der Waals surface area contributed by atoms with E-state index in [1.807, 2.05) is 18.2 Å². The summed E-state index contributed by atoms with van der Waals surface area (Å²) < 4.78 is 6.64. The van der Waals surface area contributed by atoms with E-state index in [4.69, 9.17) is 10.5 Å². The Balaban J connectivity index is 2.40. The van der Waals surface area contributed by atoms with Gasteiger partial charge in [-0.1, -0.05) is 32.4 Å². The van der Waals surface area contributed by atoms with Gasteiger partial charge in [0.05, 0.1) is 6.61 Å². The number of nitrogen functional groups attached to an aromatic ring is 1. The third-order valence-electron chi connectivity index (χ3n) is 2.55. The maximum atomic E-state index is 5.80. The van der Waals surface area contributed by atoms with Gasteiger partial charge in [0.1, 0.15) is 0 Å². The molecule has 1 unspecified atom stereocenters. The lowest BCUT2D eigenvalue weighted by Crippen LogP contribution is -2.06. The molecule has 0 saturated heterocycles. The molecule has 0 aliphatic heterocycles. The molecule has 0 fully saturated rings. The second kappa shape index (κ2) is 6.92. The highest BCUT2D eigenvalue weighted by atomic mass is 79.9. The fourth-order valence-corrected chi connectivity index (χ4v) is 2.04. The Labute approximate surface area is 106 Å². The molecule has 0 aliphatic rings. The van der Waals surface area contributed by atoms with Crippen molar-refractivity contribution < 1.29 is 4.74 Å². The van der Waals surface area contributed by atoms with Gasteiger partial charge in [0.15, 0.2) is 0 Å². The van der Waals surface area contributed by atoms with Crippen molar-refractivity contribution in [3.63, 3.8) is 0 Å². The molecule has 0 heterocycles. The summed E-state index contributed by atoms with van der Waals surface area (Å²) in [7, 11) is 0. The number of hydrogen-bond donors (Lipinski definition) is 1. The molecule has 3 heteroatoms. The zero-order chi connectivity index (χ0) is 12.0. The van der Waals surface area contributed by atoms with Gasteiger partial charge in [-0.15, -0.1) is 0 Å². The largest absolute Gasteiger partial charge is 0.398 e. The first-order valence-electron chi connectivity index (χ1n) is 5.75. The van der Waals surface area contributed by atoms with Gasteiger partial charge in [-0.25, -0.2) is 0 Å². The number of anilines is 1. The van der Waals surface area contributed by atoms with Gasteiger partial charge in [0.25, 0.3) is 0 Å². The average Bonchev–Trinajstić information content (AvgIpc) is 2.25. The van der Waals surface area contributed by atoms with Gasteiger partial charge in [-0.05, 0) is 39.9 Å². The summed E-state index contributed by atoms with van der Waals surface area (Å²) in [5.74, 6) is 0.629. The lowest BCUT2D eigenvalue weighted by atomic mass is 10.1. The van der Waals surface area contributed by atoms with Crippen LogP contribution in [-0.2, 0) is 11.3 Å². The summed E-state index contributed by atoms with van der Waals surface area (Å²) in [5, 5.41) is 0. The summed E-state index contributed by atoms with van der Waals surface area (Å²) in [6.45, 7) is 5.86. The molecule has 0 saturated carbocycles. The number of benzene rings is 1. The molecule has 16 heavy (non-hydrogen) atoms. The van der Waals surface area contributed by atoms with E-state index in [0.717, 1.165) is 22.3 Å². The molecule has 1 atom stereocenters. The third-order valence-corrected chi connectivity index (χ3v) is 3.52. The van der Waals surface area contributed by atoms with Crippen LogP contribution in [0.15, 0.2) is 22.7 Å². The van der Waals surface area contributed by atoms with Crippen LogP contribution in [0.2, 0.25) is 0 Å². The van der Waals surface area contributed by atoms with E-state index >= 15 is 0 Å². The van der Waals surface area contributed by atoms with Crippen LogP contribution in [0.5, 0.6) is 0 Å². The second-order valence-electron chi connectivity index (χ2n) is 4.23. The Bertz CT molecular complexity index is 328. The Morgan fingerprint density at radius 2 is 2.19 bits per heavy atom. The monoisotopic (exact) mass is 285 g/mol. The molecule has 0 aromatic heterocycles. The van der Waals surface area contributed by atoms with E-state index in [9.17, 15) is 0 Å². The zero-order valence-electron chi connectivity index (χ0n) is 10.0. The number of ether oxygens (including phenoxy) is 1. The highest BCUT2D eigenvalue weighted by Crippen LogP contribution is 2.24. The third kappa shape index (κ3) is 4.14. The topological polar surface area (TPSA) is 35.2 Å². The van der Waals surface area contributed by atoms with Crippen molar-refractivity contribution >= 4 is 21.6 Å². The van der Waals surface area contributed by atoms with Crippen LogP contribution in [0.25, 0.3) is 0 Å². The first-order valence-corrected chi connectivity index (χ1v) is 6.55. The molecule has 0 radical (unpaired) electrons. The quantitative estimate of drug-likeness (QED) is 0.803. The van der Waals surface area contributed by atoms with E-state index in [2.05, 4.69) is 29.8 Å². The van der Waals surface area contributed by atoms with Crippen molar-refractivity contribution in [2.75, 3.05) is 12.3 Å². The molecule has 1 aromatic carbocycles. The number of nitrogens with two attached hydrogens (primary N) is 1. The Kier molecular flexibility index (Phi) is 5.85. The molecule has 1 rings (SSSR count). The lowest BCUT2D eigenvalue weighted by molar-refractivity contribution is 0.0890. The van der Waals surface area contributed by atoms with Crippen molar-refractivity contribution in [2.24, 2.45) is 5.92 Å². The van der Waals surface area contributed by atoms with Gasteiger partial charge in [-0.2, -0.15) is 0 Å². The lowest BCUT2D eigenvalue weighted by Gasteiger charge is -2.12. The molecule has 1 aromatic rings. The van der Waals surface area contributed by atoms with Crippen LogP contribution >= 0.6 is 15.9 Å². The summed E-state index contributed by atoms with van der Waals surface area (Å²) in [4.78, 5) is 0. The molecule has 0 amide bonds. The number of hydrogen-bond acceptors (Lipinski definition) is 2. The molecule has 2 nitrogen and oxygen atoms in total. The molecular weight excluding hydrogens is 266 g/mol. The molecule has 90 valence electrons. The van der Waals surface area contributed by atoms with Gasteiger partial charge >= 0.3 is 0 Å². The summed E-state index contributed by atoms with van der Waals surface area (Å²) in [5.41, 5.74) is 7.68. The van der Waals surface area contributed by atoms with Crippen molar-refractivity contribution in [1.82, 2.24) is 0 Å². The standard InChI is InChI=1S/C13H20BrNO/c1-3-5-10(2)8-16-9-11-6-4-7-12(15)13(11)14/h4,6-7,10H,3,5,8-9,15H2,1-2H3. The molecule has 0 aliphatic carbocycles. The van der Waals surface area contributed by atoms with Crippen LogP contribution in [0.4, 0.5) is 5.69 Å². The van der Waals surface area contributed by atoms with Crippen LogP contribution < -0.4 is 5.73 Å². The second-order valence-corrected chi connectivity index (χ2v) is 5.02. The zero-order valence-corrected chi connectivity index (χ0v) is 11.6. The normalized spacial score (nSPS) is 12.7. The Hall–Kier alpha value is -0.540. The molecule has 0 bridgehead atoms. The molecule has 0 spiro atoms. The fraction of sp³-hybridized carbons (Fsp3) is 0.538. The SMILES string of the molecule is CCCC(C)COCc1cccc(N)c1Br. The fourth-order valence-electron chi connectivity index (χ4n) is 1.66. The Morgan fingerprint density at radius 3 is 2.88 bits per heavy atom. The highest BCUT2D eigenvalue weighted by molar-refractivity contribution is 9.10. The van der Waals surface area contributed by atoms with Crippen molar-refractivity contribution in [2.45, 2.75) is 33.3 Å². The van der Waals surface area contributed by atoms with E-state index in [1.165, 1.54) is 12.8 Å². The smallest absolute Gasteiger partial charge is 0.0728 e. The minimum Gasteiger partial charge on any atom is -0.398 e. The minimum atomic E-state index is 0.625. The van der Waals surface area contributed by atoms with Gasteiger partial charge < -0.3 is 10.5 Å². The number of halogens is 1. The van der Waals surface area contributed by atoms with Crippen LogP contribution in [0, 0.1) is 5.92 Å². The van der Waals surface area contributed by atoms with Gasteiger partial charge in [0, 0.05) is 16.8 Å². The molecule has 2 N–H and O–H groups in total. The summed E-state index contributed by atoms with van der Waals surface area (Å²) >= 11 is 3.47. The van der Waals surface area contributed by atoms with Gasteiger partial charge in [0.2, 0.25) is 0 Å². The Morgan fingerprint density at radius 1 is 1.44 bits per heavy atom. The summed E-state index contributed by atoms with van der Waals surface area (Å²) in [6.07, 6.45) is 2.44. The maximum absolute atomic E-state index is 5.80. The van der Waals surface area contributed by atoms with Crippen molar-refractivity contribution in [3.05, 3.63) is 28.2 Å². The highest BCUT2D eigenvalue weighted by Gasteiger charge is 2.05. The predicted molar refractivity (Wildman–Crippen MR) is 72.3 cm³/mol. The average molecular weight is 286 g/mol. The van der Waals surface area contributed by atoms with Crippen molar-refractivity contribution in [3.8, 4) is 0 Å². The van der Waals surface area contributed by atoms with E-state index in [-0.39, 0.29) is 0 Å². The van der Waals surface area contributed by atoms with Crippen LogP contribution in [0.3, 0.4) is 0 Å². The van der Waals surface area contributed by atoms with Crippen LogP contribution in [0.1, 0.15) is 32.3 Å². The van der Waals surface area contributed by atoms with Gasteiger partial charge in [-0.3, -0.25) is 0 Å². The van der Waals surface area contributed by atoms with E-state index < -0.39 is 0 Å². The summed E-state index contributed by atoms with van der Waals surface area (Å²) in [6, 6.07) is 5.87.